The third kappa shape index (κ3) is 3.93. The molecular formula is C44H27NO2. The summed E-state index contributed by atoms with van der Waals surface area (Å²) in [6.45, 7) is 0. The Kier molecular flexibility index (Phi) is 5.57. The van der Waals surface area contributed by atoms with Gasteiger partial charge >= 0.3 is 0 Å². The lowest BCUT2D eigenvalue weighted by Crippen LogP contribution is -2.11. The van der Waals surface area contributed by atoms with Gasteiger partial charge in [-0.1, -0.05) is 115 Å². The fourth-order valence-electron chi connectivity index (χ4n) is 7.37. The van der Waals surface area contributed by atoms with E-state index in [1.165, 1.54) is 21.7 Å². The van der Waals surface area contributed by atoms with E-state index >= 15 is 0 Å². The Morgan fingerprint density at radius 3 is 1.89 bits per heavy atom. The summed E-state index contributed by atoms with van der Waals surface area (Å²) < 4.78 is 12.6. The van der Waals surface area contributed by atoms with E-state index in [9.17, 15) is 0 Å². The molecule has 2 aromatic heterocycles. The number of nitrogens with zero attached hydrogens (tertiary/aromatic N) is 1. The molecule has 47 heavy (non-hydrogen) atoms. The van der Waals surface area contributed by atoms with E-state index in [2.05, 4.69) is 150 Å². The van der Waals surface area contributed by atoms with Gasteiger partial charge in [-0.2, -0.15) is 0 Å². The van der Waals surface area contributed by atoms with Gasteiger partial charge in [0.15, 0.2) is 0 Å². The van der Waals surface area contributed by atoms with E-state index in [4.69, 9.17) is 8.83 Å². The first kappa shape index (κ1) is 26.0. The number of benzene rings is 8. The molecule has 0 aliphatic carbocycles. The van der Waals surface area contributed by atoms with Gasteiger partial charge in [0.2, 0.25) is 0 Å². The second-order valence-corrected chi connectivity index (χ2v) is 12.1. The Balaban J connectivity index is 1.31. The smallest absolute Gasteiger partial charge is 0.136 e. The van der Waals surface area contributed by atoms with Crippen molar-refractivity contribution in [1.82, 2.24) is 0 Å². The van der Waals surface area contributed by atoms with Crippen molar-refractivity contribution in [3.8, 4) is 11.1 Å². The number of furan rings is 2. The Labute approximate surface area is 270 Å². The van der Waals surface area contributed by atoms with Crippen molar-refractivity contribution in [3.05, 3.63) is 164 Å². The first-order valence-electron chi connectivity index (χ1n) is 15.9. The largest absolute Gasteiger partial charge is 0.456 e. The molecule has 10 aromatic rings. The summed E-state index contributed by atoms with van der Waals surface area (Å²) in [5.74, 6) is 0. The van der Waals surface area contributed by atoms with E-state index in [-0.39, 0.29) is 0 Å². The van der Waals surface area contributed by atoms with Crippen molar-refractivity contribution >= 4 is 82.5 Å². The van der Waals surface area contributed by atoms with Crippen molar-refractivity contribution in [3.63, 3.8) is 0 Å². The van der Waals surface area contributed by atoms with Crippen LogP contribution in [0.3, 0.4) is 0 Å². The van der Waals surface area contributed by atoms with E-state index in [0.29, 0.717) is 0 Å². The summed E-state index contributed by atoms with van der Waals surface area (Å²) in [6, 6.07) is 57.9. The minimum atomic E-state index is 0.879. The van der Waals surface area contributed by atoms with E-state index in [1.807, 2.05) is 18.2 Å². The molecule has 2 heterocycles. The molecule has 0 atom stereocenters. The van der Waals surface area contributed by atoms with Crippen LogP contribution in [0.15, 0.2) is 173 Å². The van der Waals surface area contributed by atoms with E-state index in [1.54, 1.807) is 0 Å². The van der Waals surface area contributed by atoms with Crippen LogP contribution >= 0.6 is 0 Å². The van der Waals surface area contributed by atoms with Crippen LogP contribution < -0.4 is 4.90 Å². The fraction of sp³-hybridized carbons (Fsp3) is 0. The summed E-state index contributed by atoms with van der Waals surface area (Å²) in [4.78, 5) is 2.41. The Morgan fingerprint density at radius 2 is 1.00 bits per heavy atom. The van der Waals surface area contributed by atoms with Gasteiger partial charge in [0.1, 0.15) is 22.3 Å². The topological polar surface area (TPSA) is 29.5 Å². The lowest BCUT2D eigenvalue weighted by molar-refractivity contribution is 0.668. The first-order chi connectivity index (χ1) is 23.3. The summed E-state index contributed by atoms with van der Waals surface area (Å²) in [5, 5.41) is 9.25. The maximum Gasteiger partial charge on any atom is 0.136 e. The Morgan fingerprint density at radius 1 is 0.362 bits per heavy atom. The molecule has 0 N–H and O–H groups in total. The van der Waals surface area contributed by atoms with Crippen molar-refractivity contribution < 1.29 is 8.83 Å². The van der Waals surface area contributed by atoms with Gasteiger partial charge in [-0.3, -0.25) is 0 Å². The second kappa shape index (κ2) is 10.1. The van der Waals surface area contributed by atoms with Crippen LogP contribution in [0.1, 0.15) is 0 Å². The minimum absolute atomic E-state index is 0.879. The third-order valence-corrected chi connectivity index (χ3v) is 9.45. The van der Waals surface area contributed by atoms with E-state index in [0.717, 1.165) is 71.9 Å². The highest BCUT2D eigenvalue weighted by molar-refractivity contribution is 6.28. The molecule has 8 aromatic carbocycles. The van der Waals surface area contributed by atoms with Crippen LogP contribution in [0.2, 0.25) is 0 Å². The first-order valence-corrected chi connectivity index (χ1v) is 15.9. The standard InChI is InChI=1S/C44H27NO2/c1-2-11-28(12-3-1)31-13-4-7-17-37(31)45(30-23-26-41-36(27-30)33-14-5-8-19-39(33)46-41)38-18-10-16-34-32(38)24-21-29-22-25-42-44(43(29)34)35-15-6-9-20-40(35)47-42/h1-27H. The van der Waals surface area contributed by atoms with Gasteiger partial charge in [-0.05, 0) is 64.9 Å². The molecule has 0 fully saturated rings. The van der Waals surface area contributed by atoms with Crippen LogP contribution in [-0.2, 0) is 0 Å². The predicted molar refractivity (Wildman–Crippen MR) is 196 cm³/mol. The average Bonchev–Trinajstić information content (AvgIpc) is 3.70. The number of fused-ring (bicyclic) bond motifs is 10. The van der Waals surface area contributed by atoms with Crippen LogP contribution in [0, 0.1) is 0 Å². The minimum Gasteiger partial charge on any atom is -0.456 e. The highest BCUT2D eigenvalue weighted by Gasteiger charge is 2.22. The lowest BCUT2D eigenvalue weighted by Gasteiger charge is -2.29. The molecule has 0 saturated heterocycles. The molecule has 220 valence electrons. The molecule has 0 saturated carbocycles. The van der Waals surface area contributed by atoms with Gasteiger partial charge < -0.3 is 13.7 Å². The molecule has 0 spiro atoms. The van der Waals surface area contributed by atoms with Crippen molar-refractivity contribution in [2.45, 2.75) is 0 Å². The van der Waals surface area contributed by atoms with Crippen LogP contribution in [0.4, 0.5) is 17.1 Å². The highest BCUT2D eigenvalue weighted by atomic mass is 16.3. The summed E-state index contributed by atoms with van der Waals surface area (Å²) in [7, 11) is 0. The summed E-state index contributed by atoms with van der Waals surface area (Å²) in [6.07, 6.45) is 0. The fourth-order valence-corrected chi connectivity index (χ4v) is 7.37. The molecule has 0 bridgehead atoms. The monoisotopic (exact) mass is 601 g/mol. The van der Waals surface area contributed by atoms with Gasteiger partial charge in [0.05, 0.1) is 11.4 Å². The summed E-state index contributed by atoms with van der Waals surface area (Å²) in [5.41, 5.74) is 9.17. The molecule has 3 nitrogen and oxygen atoms in total. The zero-order chi connectivity index (χ0) is 30.9. The predicted octanol–water partition coefficient (Wildman–Crippen LogP) is 12.9. The van der Waals surface area contributed by atoms with Crippen LogP contribution in [-0.4, -0.2) is 0 Å². The zero-order valence-electron chi connectivity index (χ0n) is 25.4. The maximum absolute atomic E-state index is 6.34. The number of rotatable bonds is 4. The normalized spacial score (nSPS) is 11.8. The van der Waals surface area contributed by atoms with Crippen LogP contribution in [0.25, 0.3) is 76.5 Å². The number of hydrogen-bond acceptors (Lipinski definition) is 3. The SMILES string of the molecule is c1ccc(-c2ccccc2N(c2ccc3oc4ccccc4c3c2)c2cccc3c2ccc2ccc4oc5ccccc5c4c23)cc1. The molecule has 0 radical (unpaired) electrons. The molecule has 0 amide bonds. The van der Waals surface area contributed by atoms with Gasteiger partial charge in [0.25, 0.3) is 0 Å². The molecule has 0 aliphatic rings. The molecular weight excluding hydrogens is 574 g/mol. The Bertz CT molecular complexity index is 2810. The highest BCUT2D eigenvalue weighted by Crippen LogP contribution is 2.47. The van der Waals surface area contributed by atoms with Crippen molar-refractivity contribution in [2.75, 3.05) is 4.90 Å². The zero-order valence-corrected chi connectivity index (χ0v) is 25.4. The third-order valence-electron chi connectivity index (χ3n) is 9.45. The number of anilines is 3. The quantitative estimate of drug-likeness (QED) is 0.188. The van der Waals surface area contributed by atoms with Crippen LogP contribution in [0.5, 0.6) is 0 Å². The lowest BCUT2D eigenvalue weighted by atomic mass is 9.95. The van der Waals surface area contributed by atoms with Gasteiger partial charge in [-0.15, -0.1) is 0 Å². The Hall–Kier alpha value is -6.32. The number of hydrogen-bond donors (Lipinski definition) is 0. The molecule has 3 heteroatoms. The molecule has 0 unspecified atom stereocenters. The second-order valence-electron chi connectivity index (χ2n) is 12.1. The maximum atomic E-state index is 6.34. The molecule has 10 rings (SSSR count). The van der Waals surface area contributed by atoms with E-state index < -0.39 is 0 Å². The van der Waals surface area contributed by atoms with Crippen molar-refractivity contribution in [2.24, 2.45) is 0 Å². The van der Waals surface area contributed by atoms with Crippen molar-refractivity contribution in [1.29, 1.82) is 0 Å². The summed E-state index contributed by atoms with van der Waals surface area (Å²) >= 11 is 0. The number of para-hydroxylation sites is 3. The van der Waals surface area contributed by atoms with Gasteiger partial charge in [0, 0.05) is 43.6 Å². The molecule has 0 aliphatic heterocycles. The average molecular weight is 602 g/mol. The van der Waals surface area contributed by atoms with Gasteiger partial charge in [-0.25, -0.2) is 0 Å².